The second-order valence-corrected chi connectivity index (χ2v) is 12.7. The maximum Gasteiger partial charge on any atom is 0.255 e. The average molecular weight is 566 g/mol. The molecule has 0 spiro atoms. The summed E-state index contributed by atoms with van der Waals surface area (Å²) < 4.78 is 54.0. The number of fused-ring (bicyclic) bond motifs is 2. The average Bonchev–Trinajstić information content (AvgIpc) is 3.39. The molecular weight excluding hydrogens is 540 g/mol. The number of rotatable bonds is 7. The van der Waals surface area contributed by atoms with Crippen molar-refractivity contribution in [2.24, 2.45) is 17.8 Å². The van der Waals surface area contributed by atoms with Crippen LogP contribution < -0.4 is 5.32 Å². The smallest absolute Gasteiger partial charge is 0.255 e. The molecular formula is C26H26ClF2N3O5S. The quantitative estimate of drug-likeness (QED) is 0.345. The number of anilines is 1. The topological polar surface area (TPSA) is 132 Å². The Hall–Kier alpha value is -2.86. The third-order valence-electron chi connectivity index (χ3n) is 8.08. The van der Waals surface area contributed by atoms with E-state index in [1.165, 1.54) is 18.2 Å². The maximum absolute atomic E-state index is 13.7. The number of imidazole rings is 1. The number of aliphatic hydroxyl groups is 2. The van der Waals surface area contributed by atoms with Crippen LogP contribution in [0.3, 0.4) is 0 Å². The van der Waals surface area contributed by atoms with Crippen LogP contribution in [0, 0.1) is 29.4 Å². The van der Waals surface area contributed by atoms with Crippen LogP contribution in [-0.4, -0.2) is 51.5 Å². The number of aliphatic hydroxyl groups excluding tert-OH is 1. The van der Waals surface area contributed by atoms with Gasteiger partial charge in [-0.3, -0.25) is 4.79 Å². The number of amides is 1. The molecule has 0 aliphatic heterocycles. The monoisotopic (exact) mass is 565 g/mol. The zero-order valence-electron chi connectivity index (χ0n) is 20.2. The van der Waals surface area contributed by atoms with Crippen molar-refractivity contribution in [2.45, 2.75) is 48.0 Å². The lowest BCUT2D eigenvalue weighted by molar-refractivity contribution is -0.263. The Kier molecular flexibility index (Phi) is 6.83. The number of halogens is 3. The predicted octanol–water partition coefficient (Wildman–Crippen LogP) is 3.75. The minimum atomic E-state index is -4.02. The summed E-state index contributed by atoms with van der Waals surface area (Å²) in [5.74, 6) is -3.29. The lowest BCUT2D eigenvalue weighted by Crippen LogP contribution is -2.72. The lowest BCUT2D eigenvalue weighted by atomic mass is 9.46. The summed E-state index contributed by atoms with van der Waals surface area (Å²) >= 11 is 6.26. The number of hydrogen-bond donors (Lipinski definition) is 4. The highest BCUT2D eigenvalue weighted by atomic mass is 35.5. The number of H-pyrrole nitrogens is 1. The van der Waals surface area contributed by atoms with Crippen molar-refractivity contribution >= 4 is 33.0 Å². The third kappa shape index (κ3) is 4.41. The van der Waals surface area contributed by atoms with E-state index in [4.69, 9.17) is 11.6 Å². The van der Waals surface area contributed by atoms with Gasteiger partial charge in [0.25, 0.3) is 5.91 Å². The normalized spacial score (nSPS) is 27.4. The van der Waals surface area contributed by atoms with E-state index >= 15 is 0 Å². The Labute approximate surface area is 223 Å². The summed E-state index contributed by atoms with van der Waals surface area (Å²) in [5.41, 5.74) is -1.46. The minimum absolute atomic E-state index is 0.00186. The number of nitrogens with one attached hydrogen (secondary N) is 2. The number of nitrogens with zero attached hydrogens (tertiary/aromatic N) is 1. The van der Waals surface area contributed by atoms with Crippen LogP contribution in [0.1, 0.15) is 35.9 Å². The molecule has 0 saturated heterocycles. The first-order chi connectivity index (χ1) is 17.9. The Morgan fingerprint density at radius 1 is 1.21 bits per heavy atom. The second-order valence-electron chi connectivity index (χ2n) is 10.1. The molecule has 3 aromatic rings. The van der Waals surface area contributed by atoms with Gasteiger partial charge in [0.05, 0.1) is 26.9 Å². The van der Waals surface area contributed by atoms with Gasteiger partial charge in [-0.2, -0.15) is 0 Å². The first kappa shape index (κ1) is 26.7. The SMILES string of the molecule is C[C@H]1C2C[C@@H](S(=O)(=O)c3cc(C(=O)Nc4ccc(F)c(F)c4)ccc3Cl)CC1[C@@]2(O)C(O)Cc1ncc[nH]1. The summed E-state index contributed by atoms with van der Waals surface area (Å²) in [6, 6.07) is 6.66. The molecule has 3 aliphatic rings. The summed E-state index contributed by atoms with van der Waals surface area (Å²) in [4.78, 5) is 19.5. The molecule has 38 heavy (non-hydrogen) atoms. The molecule has 3 saturated carbocycles. The predicted molar refractivity (Wildman–Crippen MR) is 135 cm³/mol. The van der Waals surface area contributed by atoms with Crippen LogP contribution >= 0.6 is 11.6 Å². The zero-order valence-corrected chi connectivity index (χ0v) is 21.8. The third-order valence-corrected chi connectivity index (χ3v) is 10.7. The van der Waals surface area contributed by atoms with Crippen molar-refractivity contribution in [2.75, 3.05) is 5.32 Å². The molecule has 202 valence electrons. The largest absolute Gasteiger partial charge is 0.390 e. The van der Waals surface area contributed by atoms with Crippen molar-refractivity contribution in [3.05, 3.63) is 76.8 Å². The van der Waals surface area contributed by atoms with Gasteiger partial charge in [0.2, 0.25) is 0 Å². The van der Waals surface area contributed by atoms with E-state index in [1.807, 2.05) is 6.92 Å². The van der Waals surface area contributed by atoms with Gasteiger partial charge in [-0.05, 0) is 60.9 Å². The molecule has 0 radical (unpaired) electrons. The van der Waals surface area contributed by atoms with E-state index < -0.39 is 56.2 Å². The Morgan fingerprint density at radius 3 is 2.55 bits per heavy atom. The Bertz CT molecular complexity index is 1470. The highest BCUT2D eigenvalue weighted by Crippen LogP contribution is 2.60. The molecule has 3 aliphatic carbocycles. The van der Waals surface area contributed by atoms with Gasteiger partial charge >= 0.3 is 0 Å². The second kappa shape index (κ2) is 9.71. The van der Waals surface area contributed by atoms with Crippen LogP contribution in [0.5, 0.6) is 0 Å². The van der Waals surface area contributed by atoms with Crippen LogP contribution in [-0.2, 0) is 16.3 Å². The molecule has 12 heteroatoms. The minimum Gasteiger partial charge on any atom is -0.390 e. The highest BCUT2D eigenvalue weighted by molar-refractivity contribution is 7.92. The number of carbonyl (C=O) groups excluding carboxylic acids is 1. The van der Waals surface area contributed by atoms with E-state index in [2.05, 4.69) is 15.3 Å². The highest BCUT2D eigenvalue weighted by Gasteiger charge is 2.67. The summed E-state index contributed by atoms with van der Waals surface area (Å²) in [6.45, 7) is 1.93. The fraction of sp³-hybridized carbons (Fsp3) is 0.385. The summed E-state index contributed by atoms with van der Waals surface area (Å²) in [5, 5.41) is 23.8. The number of hydrogen-bond acceptors (Lipinski definition) is 6. The van der Waals surface area contributed by atoms with Gasteiger partial charge in [0, 0.05) is 36.1 Å². The van der Waals surface area contributed by atoms with Crippen molar-refractivity contribution in [1.29, 1.82) is 0 Å². The number of sulfone groups is 1. The van der Waals surface area contributed by atoms with Crippen molar-refractivity contribution in [1.82, 2.24) is 9.97 Å². The van der Waals surface area contributed by atoms with Gasteiger partial charge in [-0.25, -0.2) is 22.2 Å². The van der Waals surface area contributed by atoms with Gasteiger partial charge in [-0.1, -0.05) is 18.5 Å². The number of aromatic amines is 1. The van der Waals surface area contributed by atoms with E-state index in [0.29, 0.717) is 5.82 Å². The van der Waals surface area contributed by atoms with Crippen LogP contribution in [0.2, 0.25) is 5.02 Å². The van der Waals surface area contributed by atoms with Crippen LogP contribution in [0.15, 0.2) is 53.7 Å². The first-order valence-corrected chi connectivity index (χ1v) is 14.0. The van der Waals surface area contributed by atoms with E-state index in [0.717, 1.165) is 18.2 Å². The van der Waals surface area contributed by atoms with Gasteiger partial charge in [0.15, 0.2) is 21.5 Å². The molecule has 6 rings (SSSR count). The lowest BCUT2D eigenvalue weighted by Gasteiger charge is -2.64. The van der Waals surface area contributed by atoms with E-state index in [9.17, 15) is 32.2 Å². The fourth-order valence-electron chi connectivity index (χ4n) is 6.07. The van der Waals surface area contributed by atoms with Crippen molar-refractivity contribution in [3.63, 3.8) is 0 Å². The molecule has 3 atom stereocenters. The number of aromatic nitrogens is 2. The number of carbonyl (C=O) groups is 1. The zero-order chi connectivity index (χ0) is 27.4. The van der Waals surface area contributed by atoms with Crippen LogP contribution in [0.25, 0.3) is 0 Å². The van der Waals surface area contributed by atoms with Gasteiger partial charge in [0.1, 0.15) is 5.82 Å². The number of benzene rings is 2. The molecule has 1 aromatic heterocycles. The Morgan fingerprint density at radius 2 is 1.92 bits per heavy atom. The maximum atomic E-state index is 13.7. The van der Waals surface area contributed by atoms with E-state index in [1.54, 1.807) is 12.4 Å². The van der Waals surface area contributed by atoms with Crippen LogP contribution in [0.4, 0.5) is 14.5 Å². The first-order valence-electron chi connectivity index (χ1n) is 12.1. The van der Waals surface area contributed by atoms with E-state index in [-0.39, 0.29) is 46.3 Å². The molecule has 1 heterocycles. The summed E-state index contributed by atoms with van der Waals surface area (Å²) in [6.07, 6.45) is 2.40. The standard InChI is InChI=1S/C26H26ClF2N3O5S/c1-13-17-10-16(11-18(13)26(17,35)23(33)12-24-30-6-7-31-24)38(36,37)22-8-14(2-4-19(22)27)25(34)32-15-3-5-20(28)21(29)9-15/h2-9,13,16-18,23,33,35H,10-12H2,1H3,(H,30,31)(H,32,34)/t13-,16+,17?,18?,23?,26+. The Balaban J connectivity index is 1.35. The fourth-order valence-corrected chi connectivity index (χ4v) is 8.42. The molecule has 2 aromatic carbocycles. The molecule has 8 nitrogen and oxygen atoms in total. The molecule has 3 fully saturated rings. The van der Waals surface area contributed by atoms with Crippen molar-refractivity contribution < 1.29 is 32.2 Å². The van der Waals surface area contributed by atoms with Crippen molar-refractivity contribution in [3.8, 4) is 0 Å². The van der Waals surface area contributed by atoms with Gasteiger partial charge in [-0.15, -0.1) is 0 Å². The molecule has 2 bridgehead atoms. The van der Waals surface area contributed by atoms with Gasteiger partial charge < -0.3 is 20.5 Å². The molecule has 4 N–H and O–H groups in total. The molecule has 1 amide bonds. The molecule has 3 unspecified atom stereocenters. The summed E-state index contributed by atoms with van der Waals surface area (Å²) in [7, 11) is -4.02.